The summed E-state index contributed by atoms with van der Waals surface area (Å²) in [5.74, 6) is -0.538. The molecule has 2 aromatic rings. The summed E-state index contributed by atoms with van der Waals surface area (Å²) in [6.45, 7) is 2.19. The van der Waals surface area contributed by atoms with Gasteiger partial charge in [-0.15, -0.1) is 11.3 Å². The Kier molecular flexibility index (Phi) is 6.14. The van der Waals surface area contributed by atoms with Gasteiger partial charge in [-0.1, -0.05) is 41.4 Å². The van der Waals surface area contributed by atoms with Crippen LogP contribution in [0.5, 0.6) is 0 Å². The molecule has 8 heteroatoms. The molecule has 1 amide bonds. The summed E-state index contributed by atoms with van der Waals surface area (Å²) in [6.07, 6.45) is 4.21. The highest BCUT2D eigenvalue weighted by atomic mass is 79.9. The van der Waals surface area contributed by atoms with Gasteiger partial charge in [-0.25, -0.2) is 13.4 Å². The fourth-order valence-corrected chi connectivity index (χ4v) is 5.76. The van der Waals surface area contributed by atoms with Gasteiger partial charge in [-0.05, 0) is 42.9 Å². The molecule has 5 nitrogen and oxygen atoms in total. The molecule has 140 valence electrons. The number of hydrogen-bond acceptors (Lipinski definition) is 5. The molecular formula is C18H21BrN2O3S2. The lowest BCUT2D eigenvalue weighted by Gasteiger charge is -2.18. The molecule has 1 unspecified atom stereocenters. The van der Waals surface area contributed by atoms with Crippen LogP contribution in [0.2, 0.25) is 0 Å². The van der Waals surface area contributed by atoms with E-state index >= 15 is 0 Å². The van der Waals surface area contributed by atoms with Crippen LogP contribution in [0.15, 0.2) is 28.7 Å². The zero-order chi connectivity index (χ0) is 18.7. The molecule has 1 aliphatic rings. The number of rotatable bonds is 6. The normalized spacial score (nSPS) is 16.9. The van der Waals surface area contributed by atoms with Crippen molar-refractivity contribution < 1.29 is 13.2 Å². The number of anilines is 1. The second kappa shape index (κ2) is 8.19. The molecule has 1 atom stereocenters. The van der Waals surface area contributed by atoms with Gasteiger partial charge < -0.3 is 5.32 Å². The van der Waals surface area contributed by atoms with Gasteiger partial charge in [0.1, 0.15) is 5.75 Å². The Labute approximate surface area is 166 Å². The maximum atomic E-state index is 12.3. The average Bonchev–Trinajstić information content (AvgIpc) is 2.97. The third-order valence-electron chi connectivity index (χ3n) is 4.52. The average molecular weight is 457 g/mol. The highest BCUT2D eigenvalue weighted by Gasteiger charge is 2.23. The summed E-state index contributed by atoms with van der Waals surface area (Å²) in [4.78, 5) is 17.9. The largest absolute Gasteiger partial charge is 0.301 e. The number of benzene rings is 1. The number of aryl methyl sites for hydroxylation is 1. The second-order valence-corrected chi connectivity index (χ2v) is 10.7. The number of carbonyl (C=O) groups excluding carboxylic acids is 1. The number of amides is 1. The molecule has 0 spiro atoms. The van der Waals surface area contributed by atoms with Crippen LogP contribution < -0.4 is 5.32 Å². The Morgan fingerprint density at radius 1 is 1.35 bits per heavy atom. The maximum absolute atomic E-state index is 12.3. The van der Waals surface area contributed by atoms with Gasteiger partial charge in [0.2, 0.25) is 5.91 Å². The topological polar surface area (TPSA) is 76.1 Å². The lowest BCUT2D eigenvalue weighted by Crippen LogP contribution is -2.23. The van der Waals surface area contributed by atoms with Gasteiger partial charge in [0.05, 0.1) is 11.4 Å². The van der Waals surface area contributed by atoms with E-state index < -0.39 is 21.5 Å². The van der Waals surface area contributed by atoms with Crippen molar-refractivity contribution in [2.45, 2.75) is 38.4 Å². The highest BCUT2D eigenvalue weighted by molar-refractivity contribution is 9.10. The van der Waals surface area contributed by atoms with Crippen molar-refractivity contribution in [1.82, 2.24) is 4.98 Å². The molecule has 0 fully saturated rings. The van der Waals surface area contributed by atoms with Gasteiger partial charge in [-0.3, -0.25) is 4.79 Å². The monoisotopic (exact) mass is 456 g/mol. The molecule has 1 aromatic heterocycles. The molecule has 0 saturated heterocycles. The highest BCUT2D eigenvalue weighted by Crippen LogP contribution is 2.33. The van der Waals surface area contributed by atoms with Crippen LogP contribution in [-0.2, 0) is 33.2 Å². The van der Waals surface area contributed by atoms with Crippen molar-refractivity contribution in [1.29, 1.82) is 0 Å². The van der Waals surface area contributed by atoms with Crippen molar-refractivity contribution in [2.24, 2.45) is 5.92 Å². The van der Waals surface area contributed by atoms with Crippen LogP contribution in [0.1, 0.15) is 35.9 Å². The maximum Gasteiger partial charge on any atom is 0.241 e. The van der Waals surface area contributed by atoms with E-state index in [9.17, 15) is 13.2 Å². The Bertz CT molecular complexity index is 892. The van der Waals surface area contributed by atoms with E-state index in [0.29, 0.717) is 16.6 Å². The minimum absolute atomic E-state index is 0.153. The molecule has 26 heavy (non-hydrogen) atoms. The third kappa shape index (κ3) is 5.14. The first-order valence-corrected chi connectivity index (χ1v) is 12.0. The van der Waals surface area contributed by atoms with E-state index in [0.717, 1.165) is 35.8 Å². The third-order valence-corrected chi connectivity index (χ3v) is 7.56. The van der Waals surface area contributed by atoms with Gasteiger partial charge in [0.15, 0.2) is 15.0 Å². The Morgan fingerprint density at radius 3 is 2.77 bits per heavy atom. The number of fused-ring (bicyclic) bond motifs is 1. The van der Waals surface area contributed by atoms with Crippen LogP contribution >= 0.6 is 27.3 Å². The lowest BCUT2D eigenvalue weighted by molar-refractivity contribution is -0.113. The number of sulfone groups is 1. The number of nitrogens with one attached hydrogen (secondary N) is 1. The first kappa shape index (κ1) is 19.5. The molecule has 0 radical (unpaired) electrons. The summed E-state index contributed by atoms with van der Waals surface area (Å²) < 4.78 is 25.4. The molecule has 1 N–H and O–H groups in total. The second-order valence-electron chi connectivity index (χ2n) is 6.61. The summed E-state index contributed by atoms with van der Waals surface area (Å²) in [7, 11) is -3.53. The Morgan fingerprint density at radius 2 is 2.08 bits per heavy atom. The minimum atomic E-state index is -3.53. The molecule has 3 rings (SSSR count). The number of carbonyl (C=O) groups is 1. The van der Waals surface area contributed by atoms with Crippen LogP contribution in [-0.4, -0.2) is 25.1 Å². The van der Waals surface area contributed by atoms with Crippen LogP contribution in [0.3, 0.4) is 0 Å². The van der Waals surface area contributed by atoms with E-state index in [-0.39, 0.29) is 5.75 Å². The van der Waals surface area contributed by atoms with Crippen LogP contribution in [0, 0.1) is 5.92 Å². The number of halogens is 1. The first-order valence-electron chi connectivity index (χ1n) is 8.58. The number of hydrogen-bond donors (Lipinski definition) is 1. The molecular weight excluding hydrogens is 436 g/mol. The van der Waals surface area contributed by atoms with E-state index in [1.54, 1.807) is 24.3 Å². The molecule has 0 saturated carbocycles. The van der Waals surface area contributed by atoms with Crippen molar-refractivity contribution in [2.75, 3.05) is 11.1 Å². The molecule has 0 aliphatic heterocycles. The van der Waals surface area contributed by atoms with Gasteiger partial charge >= 0.3 is 0 Å². The van der Waals surface area contributed by atoms with Crippen molar-refractivity contribution in [3.05, 3.63) is 44.9 Å². The quantitative estimate of drug-likeness (QED) is 0.712. The predicted molar refractivity (Wildman–Crippen MR) is 108 cm³/mol. The fraction of sp³-hybridized carbons (Fsp3) is 0.444. The zero-order valence-corrected chi connectivity index (χ0v) is 17.7. The van der Waals surface area contributed by atoms with Crippen molar-refractivity contribution in [3.8, 4) is 0 Å². The van der Waals surface area contributed by atoms with Crippen LogP contribution in [0.4, 0.5) is 5.13 Å². The minimum Gasteiger partial charge on any atom is -0.301 e. The fourth-order valence-electron chi connectivity index (χ4n) is 3.09. The van der Waals surface area contributed by atoms with Gasteiger partial charge in [0, 0.05) is 9.35 Å². The SMILES string of the molecule is CCC1CCc2nc(NC(=O)CS(=O)(=O)Cc3ccc(Br)cc3)sc2C1. The smallest absolute Gasteiger partial charge is 0.241 e. The number of aromatic nitrogens is 1. The summed E-state index contributed by atoms with van der Waals surface area (Å²) in [6, 6.07) is 7.04. The molecule has 1 heterocycles. The van der Waals surface area contributed by atoms with E-state index in [1.807, 2.05) is 0 Å². The Hall–Kier alpha value is -1.25. The van der Waals surface area contributed by atoms with E-state index in [1.165, 1.54) is 16.2 Å². The summed E-state index contributed by atoms with van der Waals surface area (Å²) in [5, 5.41) is 3.17. The summed E-state index contributed by atoms with van der Waals surface area (Å²) in [5.41, 5.74) is 1.71. The number of thiazole rings is 1. The first-order chi connectivity index (χ1) is 12.3. The predicted octanol–water partition coefficient (Wildman–Crippen LogP) is 3.97. The van der Waals surface area contributed by atoms with Gasteiger partial charge in [-0.2, -0.15) is 0 Å². The zero-order valence-electron chi connectivity index (χ0n) is 14.5. The van der Waals surface area contributed by atoms with Crippen molar-refractivity contribution >= 4 is 48.1 Å². The lowest BCUT2D eigenvalue weighted by atomic mass is 9.89. The van der Waals surface area contributed by atoms with Crippen molar-refractivity contribution in [3.63, 3.8) is 0 Å². The molecule has 1 aliphatic carbocycles. The Balaban J connectivity index is 1.60. The standard InChI is InChI=1S/C18H21BrN2O3S2/c1-2-12-5-8-15-16(9-12)25-18(20-15)21-17(22)11-26(23,24)10-13-3-6-14(19)7-4-13/h3-4,6-7,12H,2,5,8-11H2,1H3,(H,20,21,22). The van der Waals surface area contributed by atoms with Crippen LogP contribution in [0.25, 0.3) is 0 Å². The molecule has 1 aromatic carbocycles. The van der Waals surface area contributed by atoms with Gasteiger partial charge in [0.25, 0.3) is 0 Å². The van der Waals surface area contributed by atoms with E-state index in [4.69, 9.17) is 0 Å². The molecule has 0 bridgehead atoms. The number of nitrogens with zero attached hydrogens (tertiary/aromatic N) is 1. The summed E-state index contributed by atoms with van der Waals surface area (Å²) >= 11 is 4.79. The van der Waals surface area contributed by atoms with E-state index in [2.05, 4.69) is 33.2 Å².